The lowest BCUT2D eigenvalue weighted by Crippen LogP contribution is -2.38. The topological polar surface area (TPSA) is 101 Å². The van der Waals surface area contributed by atoms with Gasteiger partial charge in [0.25, 0.3) is 5.43 Å². The molecule has 0 aliphatic rings. The van der Waals surface area contributed by atoms with Crippen molar-refractivity contribution < 1.29 is 10.2 Å². The maximum absolute atomic E-state index is 11.2. The number of benzene rings is 1. The van der Waals surface area contributed by atoms with E-state index in [1.807, 2.05) is 0 Å². The van der Waals surface area contributed by atoms with Gasteiger partial charge in [-0.25, -0.2) is 0 Å². The van der Waals surface area contributed by atoms with Crippen molar-refractivity contribution in [1.82, 2.24) is 0 Å². The van der Waals surface area contributed by atoms with Gasteiger partial charge in [0.2, 0.25) is 5.43 Å². The number of nitrogens with two attached hydrogens (primary N) is 1. The number of hydrogen-bond acceptors (Lipinski definition) is 5. The minimum absolute atomic E-state index is 0.0110. The number of phenolic OH excluding ortho intramolecular Hbond substituents is 1. The molecule has 0 heterocycles. The van der Waals surface area contributed by atoms with Gasteiger partial charge in [0.15, 0.2) is 5.75 Å². The van der Waals surface area contributed by atoms with Crippen molar-refractivity contribution in [1.29, 1.82) is 0 Å². The van der Waals surface area contributed by atoms with Crippen molar-refractivity contribution in [3.63, 3.8) is 0 Å². The van der Waals surface area contributed by atoms with Gasteiger partial charge in [-0.05, 0) is 24.1 Å². The highest BCUT2D eigenvalue weighted by atomic mass is 16.3. The van der Waals surface area contributed by atoms with Gasteiger partial charge in [-0.1, -0.05) is 12.1 Å². The van der Waals surface area contributed by atoms with E-state index in [0.717, 1.165) is 5.56 Å². The van der Waals surface area contributed by atoms with Crippen LogP contribution in [-0.2, 0) is 6.42 Å². The van der Waals surface area contributed by atoms with Gasteiger partial charge < -0.3 is 15.9 Å². The molecule has 0 saturated carbocycles. The monoisotopic (exact) mass is 233 g/mol. The second kappa shape index (κ2) is 4.03. The molecule has 17 heavy (non-hydrogen) atoms. The van der Waals surface area contributed by atoms with Crippen LogP contribution in [0.15, 0.2) is 33.9 Å². The molecule has 0 aliphatic carbocycles. The van der Waals surface area contributed by atoms with Gasteiger partial charge in [0, 0.05) is 6.04 Å². The highest BCUT2D eigenvalue weighted by molar-refractivity contribution is 5.41. The second-order valence-corrected chi connectivity index (χ2v) is 3.90. The van der Waals surface area contributed by atoms with E-state index in [1.54, 1.807) is 12.1 Å². The summed E-state index contributed by atoms with van der Waals surface area (Å²) in [5.74, 6) is -0.388. The molecular formula is C12H11NO4. The zero-order chi connectivity index (χ0) is 12.6. The first kappa shape index (κ1) is 11.3. The Bertz CT molecular complexity index is 608. The molecule has 0 spiro atoms. The van der Waals surface area contributed by atoms with Crippen molar-refractivity contribution >= 4 is 0 Å². The first-order valence-corrected chi connectivity index (χ1v) is 5.06. The van der Waals surface area contributed by atoms with Crippen molar-refractivity contribution in [3.05, 3.63) is 55.8 Å². The molecule has 4 N–H and O–H groups in total. The van der Waals surface area contributed by atoms with Gasteiger partial charge in [-0.3, -0.25) is 9.59 Å². The Kier molecular flexibility index (Phi) is 2.69. The molecule has 0 bridgehead atoms. The Hall–Kier alpha value is -2.14. The molecular weight excluding hydrogens is 222 g/mol. The number of rotatable bonds is 3. The summed E-state index contributed by atoms with van der Waals surface area (Å²) in [5.41, 5.74) is 4.95. The van der Waals surface area contributed by atoms with Crippen molar-refractivity contribution in [2.24, 2.45) is 5.73 Å². The highest BCUT2D eigenvalue weighted by Crippen LogP contribution is 2.21. The van der Waals surface area contributed by atoms with Crippen LogP contribution in [0.3, 0.4) is 0 Å². The van der Waals surface area contributed by atoms with E-state index in [2.05, 4.69) is 0 Å². The molecule has 5 heteroatoms. The minimum Gasteiger partial charge on any atom is -0.508 e. The van der Waals surface area contributed by atoms with Crippen LogP contribution in [0, 0.1) is 0 Å². The highest BCUT2D eigenvalue weighted by Gasteiger charge is 2.25. The SMILES string of the molecule is NC(Cc1ccc(O)cc1)c1c(O)c(=O)c1=O. The van der Waals surface area contributed by atoms with E-state index in [9.17, 15) is 14.7 Å². The van der Waals surface area contributed by atoms with Crippen LogP contribution >= 0.6 is 0 Å². The average Bonchev–Trinajstić information content (AvgIpc) is 2.32. The van der Waals surface area contributed by atoms with Crippen molar-refractivity contribution in [2.75, 3.05) is 0 Å². The van der Waals surface area contributed by atoms with Gasteiger partial charge in [-0.2, -0.15) is 0 Å². The van der Waals surface area contributed by atoms with E-state index in [-0.39, 0.29) is 11.3 Å². The lowest BCUT2D eigenvalue weighted by atomic mass is 9.95. The molecule has 0 aliphatic heterocycles. The Morgan fingerprint density at radius 3 is 2.18 bits per heavy atom. The van der Waals surface area contributed by atoms with Gasteiger partial charge in [-0.15, -0.1) is 0 Å². The number of phenols is 1. The maximum Gasteiger partial charge on any atom is 0.268 e. The first-order valence-electron chi connectivity index (χ1n) is 5.06. The summed E-state index contributed by atoms with van der Waals surface area (Å²) in [6.07, 6.45) is 0.318. The summed E-state index contributed by atoms with van der Waals surface area (Å²) in [5, 5.41) is 18.3. The van der Waals surface area contributed by atoms with E-state index in [4.69, 9.17) is 10.8 Å². The summed E-state index contributed by atoms with van der Waals surface area (Å²) in [7, 11) is 0. The van der Waals surface area contributed by atoms with Crippen LogP contribution in [0.5, 0.6) is 11.5 Å². The van der Waals surface area contributed by atoms with Crippen molar-refractivity contribution in [3.8, 4) is 11.5 Å². The third-order valence-corrected chi connectivity index (χ3v) is 2.68. The minimum atomic E-state index is -0.874. The summed E-state index contributed by atoms with van der Waals surface area (Å²) < 4.78 is 0. The van der Waals surface area contributed by atoms with Crippen LogP contribution in [0.1, 0.15) is 17.2 Å². The summed E-state index contributed by atoms with van der Waals surface area (Å²) in [6, 6.07) is 5.63. The Morgan fingerprint density at radius 1 is 1.06 bits per heavy atom. The molecule has 88 valence electrons. The normalized spacial score (nSPS) is 12.8. The predicted octanol–water partition coefficient (Wildman–Crippen LogP) is -0.0637. The second-order valence-electron chi connectivity index (χ2n) is 3.90. The van der Waals surface area contributed by atoms with E-state index < -0.39 is 22.6 Å². The third-order valence-electron chi connectivity index (χ3n) is 2.68. The maximum atomic E-state index is 11.2. The van der Waals surface area contributed by atoms with E-state index in [1.165, 1.54) is 12.1 Å². The molecule has 0 radical (unpaired) electrons. The van der Waals surface area contributed by atoms with Gasteiger partial charge >= 0.3 is 0 Å². The smallest absolute Gasteiger partial charge is 0.268 e. The third kappa shape index (κ3) is 1.92. The first-order chi connectivity index (χ1) is 8.00. The summed E-state index contributed by atoms with van der Waals surface area (Å²) in [6.45, 7) is 0. The Balaban J connectivity index is 2.18. The lowest BCUT2D eigenvalue weighted by Gasteiger charge is -2.14. The molecule has 0 fully saturated rings. The molecule has 2 aromatic rings. The largest absolute Gasteiger partial charge is 0.508 e. The predicted molar refractivity (Wildman–Crippen MR) is 61.8 cm³/mol. The summed E-state index contributed by atoms with van der Waals surface area (Å²) >= 11 is 0. The fourth-order valence-corrected chi connectivity index (χ4v) is 1.73. The molecule has 0 aromatic heterocycles. The molecule has 1 unspecified atom stereocenters. The molecule has 0 amide bonds. The van der Waals surface area contributed by atoms with E-state index >= 15 is 0 Å². The lowest BCUT2D eigenvalue weighted by molar-refractivity contribution is 0.445. The standard InChI is InChI=1S/C12H11NO4/c13-8(9-10(15)12(17)11(9)16)5-6-1-3-7(14)4-2-6/h1-4,8,14-15H,5,13H2. The quantitative estimate of drug-likeness (QED) is 0.644. The Morgan fingerprint density at radius 2 is 1.65 bits per heavy atom. The fourth-order valence-electron chi connectivity index (χ4n) is 1.73. The van der Waals surface area contributed by atoms with Crippen LogP contribution < -0.4 is 16.6 Å². The van der Waals surface area contributed by atoms with Crippen LogP contribution in [0.4, 0.5) is 0 Å². The molecule has 0 saturated heterocycles. The molecule has 1 atom stereocenters. The molecule has 2 aromatic carbocycles. The van der Waals surface area contributed by atoms with Gasteiger partial charge in [0.05, 0.1) is 5.56 Å². The van der Waals surface area contributed by atoms with Gasteiger partial charge in [0.1, 0.15) is 5.75 Å². The Labute approximate surface area is 96.4 Å². The fraction of sp³-hybridized carbons (Fsp3) is 0.167. The average molecular weight is 233 g/mol. The van der Waals surface area contributed by atoms with Crippen LogP contribution in [0.2, 0.25) is 0 Å². The summed E-state index contributed by atoms with van der Waals surface area (Å²) in [4.78, 5) is 22.0. The number of hydrogen-bond donors (Lipinski definition) is 3. The van der Waals surface area contributed by atoms with Crippen molar-refractivity contribution in [2.45, 2.75) is 12.5 Å². The molecule has 2 rings (SSSR count). The van der Waals surface area contributed by atoms with Crippen LogP contribution in [0.25, 0.3) is 0 Å². The zero-order valence-corrected chi connectivity index (χ0v) is 8.88. The van der Waals surface area contributed by atoms with Crippen LogP contribution in [-0.4, -0.2) is 10.2 Å². The molecule has 5 nitrogen and oxygen atoms in total. The van der Waals surface area contributed by atoms with E-state index in [0.29, 0.717) is 6.42 Å². The zero-order valence-electron chi connectivity index (χ0n) is 8.88. The number of aromatic hydroxyl groups is 2.